The van der Waals surface area contributed by atoms with Crippen molar-refractivity contribution in [2.45, 2.75) is 33.3 Å². The first-order valence-corrected chi connectivity index (χ1v) is 4.63. The number of hydrogen-bond acceptors (Lipinski definition) is 4. The Balaban J connectivity index is 2.67. The van der Waals surface area contributed by atoms with E-state index in [4.69, 9.17) is 9.47 Å². The van der Waals surface area contributed by atoms with Gasteiger partial charge in [-0.2, -0.15) is 0 Å². The van der Waals surface area contributed by atoms with E-state index in [2.05, 4.69) is 0 Å². The molecule has 4 heteroatoms. The largest absolute Gasteiger partial charge is 0.457 e. The highest BCUT2D eigenvalue weighted by atomic mass is 16.6. The van der Waals surface area contributed by atoms with Crippen molar-refractivity contribution >= 4 is 11.9 Å². The van der Waals surface area contributed by atoms with Crippen LogP contribution < -0.4 is 0 Å². The van der Waals surface area contributed by atoms with Crippen LogP contribution >= 0.6 is 0 Å². The summed E-state index contributed by atoms with van der Waals surface area (Å²) in [6.07, 6.45) is 2.67. The molecule has 0 bridgehead atoms. The van der Waals surface area contributed by atoms with Gasteiger partial charge >= 0.3 is 11.9 Å². The van der Waals surface area contributed by atoms with E-state index in [0.717, 1.165) is 0 Å². The fourth-order valence-corrected chi connectivity index (χ4v) is 1.01. The molecule has 0 aliphatic carbocycles. The second kappa shape index (κ2) is 3.88. The van der Waals surface area contributed by atoms with Crippen LogP contribution in [0.3, 0.4) is 0 Å². The molecule has 0 aromatic heterocycles. The summed E-state index contributed by atoms with van der Waals surface area (Å²) < 4.78 is 9.82. The lowest BCUT2D eigenvalue weighted by Gasteiger charge is -2.17. The quantitative estimate of drug-likeness (QED) is 0.488. The summed E-state index contributed by atoms with van der Waals surface area (Å²) in [5, 5.41) is 0. The smallest absolute Gasteiger partial charge is 0.339 e. The van der Waals surface area contributed by atoms with Crippen LogP contribution in [0.25, 0.3) is 0 Å². The minimum Gasteiger partial charge on any atom is -0.457 e. The molecular weight excluding hydrogens is 196 g/mol. The second-order valence-electron chi connectivity index (χ2n) is 4.30. The van der Waals surface area contributed by atoms with Crippen molar-refractivity contribution in [3.63, 3.8) is 0 Å². The summed E-state index contributed by atoms with van der Waals surface area (Å²) in [5.74, 6) is -0.715. The van der Waals surface area contributed by atoms with E-state index < -0.39 is 17.5 Å². The van der Waals surface area contributed by atoms with Crippen molar-refractivity contribution < 1.29 is 19.1 Å². The first kappa shape index (κ1) is 11.5. The zero-order chi connectivity index (χ0) is 11.6. The van der Waals surface area contributed by atoms with Gasteiger partial charge in [0.1, 0.15) is 11.4 Å². The van der Waals surface area contributed by atoms with Crippen LogP contribution in [0, 0.1) is 0 Å². The molecule has 1 heterocycles. The molecule has 82 valence electrons. The average molecular weight is 210 g/mol. The number of carbonyl (C=O) groups is 2. The van der Waals surface area contributed by atoms with Crippen LogP contribution in [0.5, 0.6) is 0 Å². The van der Waals surface area contributed by atoms with Gasteiger partial charge in [-0.1, -0.05) is 0 Å². The molecule has 1 aliphatic heterocycles. The molecule has 0 aromatic rings. The van der Waals surface area contributed by atoms with Gasteiger partial charge in [0.15, 0.2) is 0 Å². The zero-order valence-electron chi connectivity index (χ0n) is 9.29. The van der Waals surface area contributed by atoms with Gasteiger partial charge in [-0.25, -0.2) is 9.59 Å². The van der Waals surface area contributed by atoms with E-state index in [-0.39, 0.29) is 5.76 Å². The lowest BCUT2D eigenvalue weighted by atomic mass is 10.2. The van der Waals surface area contributed by atoms with Gasteiger partial charge in [-0.3, -0.25) is 0 Å². The molecule has 0 aromatic carbocycles. The normalized spacial score (nSPS) is 18.8. The first-order chi connectivity index (χ1) is 6.78. The number of esters is 2. The molecule has 0 atom stereocenters. The van der Waals surface area contributed by atoms with Crippen molar-refractivity contribution in [1.29, 1.82) is 0 Å². The van der Waals surface area contributed by atoms with Crippen molar-refractivity contribution in [1.82, 2.24) is 0 Å². The second-order valence-corrected chi connectivity index (χ2v) is 4.30. The van der Waals surface area contributed by atoms with E-state index in [0.29, 0.717) is 5.57 Å². The summed E-state index contributed by atoms with van der Waals surface area (Å²) in [6.45, 7) is 6.93. The molecule has 0 fully saturated rings. The predicted octanol–water partition coefficient (Wildman–Crippen LogP) is 1.72. The Morgan fingerprint density at radius 3 is 2.47 bits per heavy atom. The average Bonchev–Trinajstić information content (AvgIpc) is 2.26. The highest BCUT2D eigenvalue weighted by Gasteiger charge is 2.20. The fraction of sp³-hybridized carbons (Fsp3) is 0.455. The Kier molecular flexibility index (Phi) is 2.98. The Morgan fingerprint density at radius 1 is 1.47 bits per heavy atom. The van der Waals surface area contributed by atoms with E-state index in [9.17, 15) is 9.59 Å². The maximum atomic E-state index is 11.3. The molecule has 0 radical (unpaired) electrons. The van der Waals surface area contributed by atoms with Crippen LogP contribution in [-0.4, -0.2) is 17.5 Å². The number of rotatable bonds is 1. The number of carbonyl (C=O) groups excluding carboxylic acids is 2. The molecule has 0 N–H and O–H groups in total. The van der Waals surface area contributed by atoms with E-state index in [1.807, 2.05) is 0 Å². The number of cyclic esters (lactones) is 1. The third kappa shape index (κ3) is 3.58. The molecule has 0 saturated heterocycles. The van der Waals surface area contributed by atoms with Crippen molar-refractivity contribution in [2.75, 3.05) is 0 Å². The lowest BCUT2D eigenvalue weighted by Crippen LogP contribution is -2.22. The maximum absolute atomic E-state index is 11.3. The fourth-order valence-electron chi connectivity index (χ4n) is 1.01. The Labute approximate surface area is 88.6 Å². The maximum Gasteiger partial charge on any atom is 0.339 e. The van der Waals surface area contributed by atoms with Gasteiger partial charge in [0.25, 0.3) is 0 Å². The first-order valence-electron chi connectivity index (χ1n) is 4.63. The highest BCUT2D eigenvalue weighted by molar-refractivity contribution is 5.94. The van der Waals surface area contributed by atoms with E-state index in [1.165, 1.54) is 12.2 Å². The summed E-state index contributed by atoms with van der Waals surface area (Å²) in [5.41, 5.74) is -0.0694. The summed E-state index contributed by atoms with van der Waals surface area (Å²) >= 11 is 0. The van der Waals surface area contributed by atoms with E-state index in [1.54, 1.807) is 27.7 Å². The Morgan fingerprint density at radius 2 is 2.07 bits per heavy atom. The SMILES string of the molecule is CC1=CC(=CC(=O)OC(C)(C)C)OC1=O. The standard InChI is InChI=1S/C11H14O4/c1-7-5-8(14-10(7)13)6-9(12)15-11(2,3)4/h5-6H,1-4H3. The molecule has 0 spiro atoms. The summed E-state index contributed by atoms with van der Waals surface area (Å²) in [4.78, 5) is 22.3. The van der Waals surface area contributed by atoms with Gasteiger partial charge in [0.05, 0.1) is 6.08 Å². The molecule has 15 heavy (non-hydrogen) atoms. The monoisotopic (exact) mass is 210 g/mol. The Hall–Kier alpha value is -1.58. The Bertz CT molecular complexity index is 355. The van der Waals surface area contributed by atoms with Crippen molar-refractivity contribution in [2.24, 2.45) is 0 Å². The van der Waals surface area contributed by atoms with E-state index >= 15 is 0 Å². The molecule has 1 rings (SSSR count). The van der Waals surface area contributed by atoms with Crippen LogP contribution in [0.2, 0.25) is 0 Å². The minimum absolute atomic E-state index is 0.228. The zero-order valence-corrected chi connectivity index (χ0v) is 9.29. The molecule has 0 unspecified atom stereocenters. The minimum atomic E-state index is -0.546. The molecule has 1 aliphatic rings. The predicted molar refractivity (Wildman–Crippen MR) is 53.8 cm³/mol. The molecule has 0 amide bonds. The highest BCUT2D eigenvalue weighted by Crippen LogP contribution is 2.17. The topological polar surface area (TPSA) is 52.6 Å². The van der Waals surface area contributed by atoms with Crippen LogP contribution in [-0.2, 0) is 19.1 Å². The number of hydrogen-bond donors (Lipinski definition) is 0. The molecular formula is C11H14O4. The number of ether oxygens (including phenoxy) is 2. The third-order valence-electron chi connectivity index (χ3n) is 1.56. The van der Waals surface area contributed by atoms with Gasteiger partial charge < -0.3 is 9.47 Å². The molecule has 0 saturated carbocycles. The van der Waals surface area contributed by atoms with Gasteiger partial charge in [0, 0.05) is 5.57 Å². The van der Waals surface area contributed by atoms with Crippen LogP contribution in [0.4, 0.5) is 0 Å². The van der Waals surface area contributed by atoms with Crippen molar-refractivity contribution in [3.05, 3.63) is 23.5 Å². The van der Waals surface area contributed by atoms with Crippen LogP contribution in [0.15, 0.2) is 23.5 Å². The summed E-state index contributed by atoms with van der Waals surface area (Å²) in [7, 11) is 0. The van der Waals surface area contributed by atoms with Gasteiger partial charge in [-0.15, -0.1) is 0 Å². The third-order valence-corrected chi connectivity index (χ3v) is 1.56. The van der Waals surface area contributed by atoms with Gasteiger partial charge in [-0.05, 0) is 33.8 Å². The van der Waals surface area contributed by atoms with Crippen LogP contribution in [0.1, 0.15) is 27.7 Å². The summed E-state index contributed by atoms with van der Waals surface area (Å²) in [6, 6.07) is 0. The molecule has 4 nitrogen and oxygen atoms in total. The van der Waals surface area contributed by atoms with Gasteiger partial charge in [0.2, 0.25) is 0 Å². The van der Waals surface area contributed by atoms with Crippen molar-refractivity contribution in [3.8, 4) is 0 Å². The number of allylic oxidation sites excluding steroid dienone is 1. The lowest BCUT2D eigenvalue weighted by molar-refractivity contribution is -0.148.